The van der Waals surface area contributed by atoms with Crippen LogP contribution in [0.4, 0.5) is 0 Å². The number of sulfonamides is 1. The maximum atomic E-state index is 13.5. The lowest BCUT2D eigenvalue weighted by Gasteiger charge is -2.37. The molecule has 0 aliphatic carbocycles. The van der Waals surface area contributed by atoms with E-state index in [-0.39, 0.29) is 16.8 Å². The number of carbonyl (C=O) groups excluding carboxylic acids is 1. The summed E-state index contributed by atoms with van der Waals surface area (Å²) in [6.45, 7) is 7.06. The molecule has 3 heterocycles. The normalized spacial score (nSPS) is 21.9. The Balaban J connectivity index is 1.22. The highest BCUT2D eigenvalue weighted by atomic mass is 32.2. The van der Waals surface area contributed by atoms with Crippen molar-refractivity contribution in [3.63, 3.8) is 0 Å². The van der Waals surface area contributed by atoms with Gasteiger partial charge in [-0.05, 0) is 49.6 Å². The third-order valence-electron chi connectivity index (χ3n) is 6.75. The lowest BCUT2D eigenvalue weighted by molar-refractivity contribution is -0.136. The second kappa shape index (κ2) is 9.38. The number of amides is 1. The van der Waals surface area contributed by atoms with E-state index >= 15 is 0 Å². The number of benzene rings is 2. The van der Waals surface area contributed by atoms with Crippen LogP contribution in [0.3, 0.4) is 0 Å². The standard InChI is InChI=1S/C25H30N4O4S/c1-2-33-20-11-9-19(10-12-20)18-27-14-16-28(17-15-27)25(30)22-7-5-13-29(22)24-21-6-3-4-8-23(21)34(31,32)26-24/h3-4,6,8-12,22H,2,5,7,13-18H2,1H3/t22-/m0/s1. The van der Waals surface area contributed by atoms with Gasteiger partial charge in [0.15, 0.2) is 5.84 Å². The molecule has 0 radical (unpaired) electrons. The highest BCUT2D eigenvalue weighted by Gasteiger charge is 2.40. The zero-order chi connectivity index (χ0) is 23.7. The van der Waals surface area contributed by atoms with E-state index in [2.05, 4.69) is 21.4 Å². The first-order chi connectivity index (χ1) is 16.5. The molecule has 3 aliphatic rings. The van der Waals surface area contributed by atoms with Gasteiger partial charge < -0.3 is 14.5 Å². The van der Waals surface area contributed by atoms with Crippen molar-refractivity contribution >= 4 is 21.8 Å². The van der Waals surface area contributed by atoms with E-state index in [1.165, 1.54) is 5.56 Å². The van der Waals surface area contributed by atoms with Crippen molar-refractivity contribution in [3.8, 4) is 5.75 Å². The van der Waals surface area contributed by atoms with Gasteiger partial charge in [-0.25, -0.2) is 0 Å². The molecule has 34 heavy (non-hydrogen) atoms. The monoisotopic (exact) mass is 482 g/mol. The van der Waals surface area contributed by atoms with Crippen molar-refractivity contribution in [3.05, 3.63) is 59.7 Å². The Kier molecular flexibility index (Phi) is 6.31. The van der Waals surface area contributed by atoms with E-state index in [0.29, 0.717) is 44.1 Å². The summed E-state index contributed by atoms with van der Waals surface area (Å²) in [6.07, 6.45) is 1.56. The van der Waals surface area contributed by atoms with Gasteiger partial charge in [0, 0.05) is 44.8 Å². The summed E-state index contributed by atoms with van der Waals surface area (Å²) in [4.78, 5) is 19.9. The molecule has 1 amide bonds. The Hall–Kier alpha value is -2.91. The number of amidine groups is 1. The molecule has 3 aliphatic heterocycles. The van der Waals surface area contributed by atoms with E-state index in [9.17, 15) is 13.2 Å². The van der Waals surface area contributed by atoms with E-state index in [0.717, 1.165) is 31.8 Å². The largest absolute Gasteiger partial charge is 0.494 e. The molecule has 9 heteroatoms. The van der Waals surface area contributed by atoms with Crippen molar-refractivity contribution in [2.45, 2.75) is 37.2 Å². The second-order valence-corrected chi connectivity index (χ2v) is 10.5. The molecule has 180 valence electrons. The lowest BCUT2D eigenvalue weighted by Crippen LogP contribution is -2.54. The molecule has 2 saturated heterocycles. The van der Waals surface area contributed by atoms with Gasteiger partial charge in [-0.15, -0.1) is 4.40 Å². The fraction of sp³-hybridized carbons (Fsp3) is 0.440. The minimum absolute atomic E-state index is 0.0719. The highest BCUT2D eigenvalue weighted by molar-refractivity contribution is 7.90. The number of hydrogen-bond acceptors (Lipinski definition) is 6. The second-order valence-electron chi connectivity index (χ2n) is 8.92. The van der Waals surface area contributed by atoms with Gasteiger partial charge in [-0.1, -0.05) is 24.3 Å². The number of fused-ring (bicyclic) bond motifs is 1. The van der Waals surface area contributed by atoms with E-state index in [4.69, 9.17) is 4.74 Å². The number of likely N-dealkylation sites (tertiary alicyclic amines) is 1. The molecule has 2 aromatic carbocycles. The molecule has 5 rings (SSSR count). The van der Waals surface area contributed by atoms with Crippen LogP contribution in [0.2, 0.25) is 0 Å². The summed E-state index contributed by atoms with van der Waals surface area (Å²) in [6, 6.07) is 14.7. The zero-order valence-corrected chi connectivity index (χ0v) is 20.2. The minimum atomic E-state index is -3.70. The topological polar surface area (TPSA) is 82.5 Å². The quantitative estimate of drug-likeness (QED) is 0.651. The van der Waals surface area contributed by atoms with Crippen molar-refractivity contribution < 1.29 is 17.9 Å². The van der Waals surface area contributed by atoms with E-state index < -0.39 is 10.0 Å². The lowest BCUT2D eigenvalue weighted by atomic mass is 10.1. The molecule has 0 bridgehead atoms. The predicted molar refractivity (Wildman–Crippen MR) is 129 cm³/mol. The van der Waals surface area contributed by atoms with Gasteiger partial charge in [0.25, 0.3) is 10.0 Å². The Morgan fingerprint density at radius 1 is 1.03 bits per heavy atom. The summed E-state index contributed by atoms with van der Waals surface area (Å²) in [7, 11) is -3.70. The van der Waals surface area contributed by atoms with Crippen LogP contribution in [0.1, 0.15) is 30.9 Å². The Bertz CT molecular complexity index is 1190. The highest BCUT2D eigenvalue weighted by Crippen LogP contribution is 2.31. The molecule has 0 spiro atoms. The average molecular weight is 483 g/mol. The molecular formula is C25H30N4O4S. The van der Waals surface area contributed by atoms with Crippen molar-refractivity contribution in [1.82, 2.24) is 14.7 Å². The van der Waals surface area contributed by atoms with Crippen LogP contribution in [0.15, 0.2) is 57.8 Å². The minimum Gasteiger partial charge on any atom is -0.494 e. The fourth-order valence-electron chi connectivity index (χ4n) is 5.03. The number of carbonyl (C=O) groups is 1. The summed E-state index contributed by atoms with van der Waals surface area (Å²) >= 11 is 0. The van der Waals surface area contributed by atoms with Gasteiger partial charge in [-0.3, -0.25) is 9.69 Å². The average Bonchev–Trinajstić information content (AvgIpc) is 3.43. The molecule has 8 nitrogen and oxygen atoms in total. The Morgan fingerprint density at radius 2 is 1.76 bits per heavy atom. The summed E-state index contributed by atoms with van der Waals surface area (Å²) in [5.74, 6) is 1.37. The maximum Gasteiger partial charge on any atom is 0.285 e. The van der Waals surface area contributed by atoms with Crippen LogP contribution >= 0.6 is 0 Å². The zero-order valence-electron chi connectivity index (χ0n) is 19.4. The molecule has 2 fully saturated rings. The molecule has 0 unspecified atom stereocenters. The summed E-state index contributed by atoms with van der Waals surface area (Å²) < 4.78 is 34.6. The fourth-order valence-corrected chi connectivity index (χ4v) is 6.24. The van der Waals surface area contributed by atoms with Gasteiger partial charge in [0.1, 0.15) is 16.7 Å². The van der Waals surface area contributed by atoms with Crippen LogP contribution in [-0.2, 0) is 21.4 Å². The first-order valence-electron chi connectivity index (χ1n) is 11.9. The molecule has 0 saturated carbocycles. The first kappa shape index (κ1) is 22.9. The smallest absolute Gasteiger partial charge is 0.285 e. The van der Waals surface area contributed by atoms with Gasteiger partial charge in [0.05, 0.1) is 6.61 Å². The van der Waals surface area contributed by atoms with E-state index in [1.54, 1.807) is 18.2 Å². The number of piperazine rings is 1. The molecule has 1 atom stereocenters. The molecule has 0 N–H and O–H groups in total. The summed E-state index contributed by atoms with van der Waals surface area (Å²) in [5.41, 5.74) is 1.83. The van der Waals surface area contributed by atoms with Crippen molar-refractivity contribution in [2.24, 2.45) is 4.40 Å². The SMILES string of the molecule is CCOc1ccc(CN2CCN(C(=O)[C@@H]3CCCN3C3=NS(=O)(=O)c4ccccc43)CC2)cc1. The number of hydrogen-bond donors (Lipinski definition) is 0. The third-order valence-corrected chi connectivity index (χ3v) is 8.07. The molecule has 0 aromatic heterocycles. The first-order valence-corrected chi connectivity index (χ1v) is 13.3. The van der Waals surface area contributed by atoms with Crippen LogP contribution in [0.25, 0.3) is 0 Å². The number of rotatable bonds is 5. The maximum absolute atomic E-state index is 13.5. The Labute approximate surface area is 200 Å². The van der Waals surface area contributed by atoms with Crippen LogP contribution in [0, 0.1) is 0 Å². The van der Waals surface area contributed by atoms with Gasteiger partial charge in [0.2, 0.25) is 5.91 Å². The van der Waals surface area contributed by atoms with Gasteiger partial charge >= 0.3 is 0 Å². The van der Waals surface area contributed by atoms with Crippen molar-refractivity contribution in [1.29, 1.82) is 0 Å². The predicted octanol–water partition coefficient (Wildman–Crippen LogP) is 2.34. The summed E-state index contributed by atoms with van der Waals surface area (Å²) in [5, 5.41) is 0. The van der Waals surface area contributed by atoms with Crippen molar-refractivity contribution in [2.75, 3.05) is 39.3 Å². The van der Waals surface area contributed by atoms with Crippen LogP contribution in [-0.4, -0.2) is 80.2 Å². The number of ether oxygens (including phenoxy) is 1. The number of nitrogens with zero attached hydrogens (tertiary/aromatic N) is 4. The van der Waals surface area contributed by atoms with Crippen LogP contribution < -0.4 is 4.74 Å². The van der Waals surface area contributed by atoms with E-state index in [1.807, 2.05) is 34.9 Å². The van der Waals surface area contributed by atoms with Crippen LogP contribution in [0.5, 0.6) is 5.75 Å². The molecule has 2 aromatic rings. The Morgan fingerprint density at radius 3 is 2.50 bits per heavy atom. The molecular weight excluding hydrogens is 452 g/mol. The third kappa shape index (κ3) is 4.42. The van der Waals surface area contributed by atoms with Gasteiger partial charge in [-0.2, -0.15) is 8.42 Å².